The third-order valence-corrected chi connectivity index (χ3v) is 3.59. The van der Waals surface area contributed by atoms with Crippen molar-refractivity contribution in [2.24, 2.45) is 0 Å². The van der Waals surface area contributed by atoms with Gasteiger partial charge in [0.15, 0.2) is 0 Å². The highest BCUT2D eigenvalue weighted by Crippen LogP contribution is 2.25. The minimum atomic E-state index is -0.387. The molecule has 0 aromatic heterocycles. The van der Waals surface area contributed by atoms with Crippen molar-refractivity contribution >= 4 is 29.3 Å². The number of benzene rings is 1. The lowest BCUT2D eigenvalue weighted by Gasteiger charge is -2.07. The van der Waals surface area contributed by atoms with Crippen LogP contribution in [0, 0.1) is 5.82 Å². The zero-order chi connectivity index (χ0) is 15.7. The second-order valence-electron chi connectivity index (χ2n) is 4.23. The maximum Gasteiger partial charge on any atom is 0.305 e. The van der Waals surface area contributed by atoms with Crippen molar-refractivity contribution in [2.45, 2.75) is 24.7 Å². The van der Waals surface area contributed by atoms with E-state index in [9.17, 15) is 14.0 Å². The number of esters is 1. The summed E-state index contributed by atoms with van der Waals surface area (Å²) in [5.41, 5.74) is 6.13. The van der Waals surface area contributed by atoms with Crippen LogP contribution in [0.2, 0.25) is 0 Å². The van der Waals surface area contributed by atoms with Gasteiger partial charge in [0.2, 0.25) is 5.91 Å². The fourth-order valence-corrected chi connectivity index (χ4v) is 2.34. The molecule has 1 rings (SSSR count). The number of hydrogen-bond acceptors (Lipinski definition) is 5. The molecule has 0 atom stereocenters. The Balaban J connectivity index is 2.22. The van der Waals surface area contributed by atoms with E-state index in [1.807, 2.05) is 0 Å². The van der Waals surface area contributed by atoms with Crippen LogP contribution in [0.4, 0.5) is 10.1 Å². The first-order valence-electron chi connectivity index (χ1n) is 6.63. The number of ether oxygens (including phenoxy) is 1. The van der Waals surface area contributed by atoms with Gasteiger partial charge in [0.1, 0.15) is 5.82 Å². The Morgan fingerprint density at radius 1 is 1.43 bits per heavy atom. The van der Waals surface area contributed by atoms with Crippen LogP contribution in [0.3, 0.4) is 0 Å². The van der Waals surface area contributed by atoms with Gasteiger partial charge in [-0.1, -0.05) is 0 Å². The Bertz CT molecular complexity index is 497. The lowest BCUT2D eigenvalue weighted by Crippen LogP contribution is -2.26. The van der Waals surface area contributed by atoms with E-state index in [1.165, 1.54) is 30.0 Å². The number of carbonyl (C=O) groups excluding carboxylic acids is 2. The van der Waals surface area contributed by atoms with Crippen LogP contribution in [0.1, 0.15) is 19.8 Å². The molecule has 0 saturated carbocycles. The molecule has 5 nitrogen and oxygen atoms in total. The molecule has 1 amide bonds. The fraction of sp³-hybridized carbons (Fsp3) is 0.429. The van der Waals surface area contributed by atoms with E-state index in [1.54, 1.807) is 6.92 Å². The lowest BCUT2D eigenvalue weighted by molar-refractivity contribution is -0.143. The standard InChI is InChI=1S/C14H19FN2O3S/c1-2-20-14(19)4-3-7-17-13(18)9-21-12-8-10(15)5-6-11(12)16/h5-6,8H,2-4,7,9,16H2,1H3,(H,17,18). The largest absolute Gasteiger partial charge is 0.466 e. The molecule has 3 N–H and O–H groups in total. The molecule has 0 saturated heterocycles. The van der Waals surface area contributed by atoms with Crippen molar-refractivity contribution in [1.29, 1.82) is 0 Å². The highest BCUT2D eigenvalue weighted by molar-refractivity contribution is 8.00. The Kier molecular flexibility index (Phi) is 7.60. The van der Waals surface area contributed by atoms with Crippen molar-refractivity contribution in [3.05, 3.63) is 24.0 Å². The molecule has 0 aliphatic heterocycles. The van der Waals surface area contributed by atoms with Crippen LogP contribution < -0.4 is 11.1 Å². The highest BCUT2D eigenvalue weighted by atomic mass is 32.2. The van der Waals surface area contributed by atoms with E-state index in [0.29, 0.717) is 30.2 Å². The average molecular weight is 314 g/mol. The highest BCUT2D eigenvalue weighted by Gasteiger charge is 2.07. The molecule has 21 heavy (non-hydrogen) atoms. The molecule has 1 aromatic carbocycles. The molecule has 0 fully saturated rings. The Morgan fingerprint density at radius 3 is 2.90 bits per heavy atom. The second-order valence-corrected chi connectivity index (χ2v) is 5.25. The number of hydrogen-bond donors (Lipinski definition) is 2. The molecule has 0 heterocycles. The van der Waals surface area contributed by atoms with Crippen molar-refractivity contribution in [2.75, 3.05) is 24.6 Å². The predicted octanol–water partition coefficient (Wildman–Crippen LogP) is 1.96. The third kappa shape index (κ3) is 6.99. The van der Waals surface area contributed by atoms with Gasteiger partial charge in [-0.25, -0.2) is 4.39 Å². The number of thioether (sulfide) groups is 1. The van der Waals surface area contributed by atoms with E-state index in [0.717, 1.165) is 0 Å². The van der Waals surface area contributed by atoms with Crippen LogP contribution in [-0.2, 0) is 14.3 Å². The Morgan fingerprint density at radius 2 is 2.19 bits per heavy atom. The zero-order valence-electron chi connectivity index (χ0n) is 11.9. The van der Waals surface area contributed by atoms with Crippen LogP contribution in [-0.4, -0.2) is 30.8 Å². The summed E-state index contributed by atoms with van der Waals surface area (Å²) in [6.45, 7) is 2.50. The van der Waals surface area contributed by atoms with Crippen molar-refractivity contribution < 1.29 is 18.7 Å². The van der Waals surface area contributed by atoms with E-state index >= 15 is 0 Å². The van der Waals surface area contributed by atoms with Crippen LogP contribution in [0.15, 0.2) is 23.1 Å². The third-order valence-electron chi connectivity index (χ3n) is 2.52. The fourth-order valence-electron chi connectivity index (χ4n) is 1.52. The predicted molar refractivity (Wildman–Crippen MR) is 80.4 cm³/mol. The van der Waals surface area contributed by atoms with Gasteiger partial charge < -0.3 is 15.8 Å². The van der Waals surface area contributed by atoms with E-state index in [-0.39, 0.29) is 29.9 Å². The molecule has 0 aliphatic carbocycles. The van der Waals surface area contributed by atoms with Crippen LogP contribution in [0.25, 0.3) is 0 Å². The van der Waals surface area contributed by atoms with Crippen LogP contribution in [0.5, 0.6) is 0 Å². The van der Waals surface area contributed by atoms with E-state index in [4.69, 9.17) is 10.5 Å². The lowest BCUT2D eigenvalue weighted by atomic mass is 10.3. The first-order valence-corrected chi connectivity index (χ1v) is 7.61. The van der Waals surface area contributed by atoms with Crippen molar-refractivity contribution in [1.82, 2.24) is 5.32 Å². The molecule has 116 valence electrons. The van der Waals surface area contributed by atoms with Gasteiger partial charge in [0.25, 0.3) is 0 Å². The molecule has 0 radical (unpaired) electrons. The topological polar surface area (TPSA) is 81.4 Å². The quantitative estimate of drug-likeness (QED) is 0.332. The van der Waals surface area contributed by atoms with Gasteiger partial charge in [0, 0.05) is 23.5 Å². The minimum absolute atomic E-state index is 0.146. The number of rotatable bonds is 8. The number of nitrogen functional groups attached to an aromatic ring is 1. The van der Waals surface area contributed by atoms with Crippen LogP contribution >= 0.6 is 11.8 Å². The zero-order valence-corrected chi connectivity index (χ0v) is 12.7. The molecule has 0 bridgehead atoms. The Labute approximate surface area is 127 Å². The second kappa shape index (κ2) is 9.23. The summed E-state index contributed by atoms with van der Waals surface area (Å²) in [5.74, 6) is -0.699. The first kappa shape index (κ1) is 17.3. The number of anilines is 1. The number of amides is 1. The Hall–Kier alpha value is -1.76. The summed E-state index contributed by atoms with van der Waals surface area (Å²) in [5, 5.41) is 2.68. The normalized spacial score (nSPS) is 10.2. The van der Waals surface area contributed by atoms with Gasteiger partial charge in [-0.15, -0.1) is 11.8 Å². The first-order chi connectivity index (χ1) is 10.0. The molecule has 1 aromatic rings. The molecule has 7 heteroatoms. The van der Waals surface area contributed by atoms with E-state index < -0.39 is 0 Å². The summed E-state index contributed by atoms with van der Waals surface area (Å²) in [6, 6.07) is 4.04. The maximum absolute atomic E-state index is 13.0. The average Bonchev–Trinajstić information content (AvgIpc) is 2.45. The summed E-state index contributed by atoms with van der Waals surface area (Å²) in [7, 11) is 0. The number of nitrogens with two attached hydrogens (primary N) is 1. The van der Waals surface area contributed by atoms with Crippen molar-refractivity contribution in [3.63, 3.8) is 0 Å². The maximum atomic E-state index is 13.0. The van der Waals surface area contributed by atoms with Crippen molar-refractivity contribution in [3.8, 4) is 0 Å². The monoisotopic (exact) mass is 314 g/mol. The van der Waals surface area contributed by atoms with Gasteiger partial charge in [0.05, 0.1) is 12.4 Å². The molecule has 0 aliphatic rings. The number of halogens is 1. The van der Waals surface area contributed by atoms with Gasteiger partial charge in [-0.05, 0) is 31.5 Å². The van der Waals surface area contributed by atoms with Gasteiger partial charge in [-0.3, -0.25) is 9.59 Å². The molecule has 0 unspecified atom stereocenters. The molecular formula is C14H19FN2O3S. The number of nitrogens with one attached hydrogen (secondary N) is 1. The summed E-state index contributed by atoms with van der Waals surface area (Å²) < 4.78 is 17.8. The summed E-state index contributed by atoms with van der Waals surface area (Å²) in [6.07, 6.45) is 0.801. The summed E-state index contributed by atoms with van der Waals surface area (Å²) >= 11 is 1.17. The van der Waals surface area contributed by atoms with Gasteiger partial charge in [-0.2, -0.15) is 0 Å². The van der Waals surface area contributed by atoms with Gasteiger partial charge >= 0.3 is 5.97 Å². The molecular weight excluding hydrogens is 295 g/mol. The smallest absolute Gasteiger partial charge is 0.305 e. The summed E-state index contributed by atoms with van der Waals surface area (Å²) in [4.78, 5) is 23.2. The van der Waals surface area contributed by atoms with E-state index in [2.05, 4.69) is 5.32 Å². The number of carbonyl (C=O) groups is 2. The minimum Gasteiger partial charge on any atom is -0.466 e. The SMILES string of the molecule is CCOC(=O)CCCNC(=O)CSc1cc(F)ccc1N. The molecule has 0 spiro atoms.